The lowest BCUT2D eigenvalue weighted by atomic mass is 9.95. The zero-order chi connectivity index (χ0) is 19.3. The van der Waals surface area contributed by atoms with E-state index >= 15 is 0 Å². The van der Waals surface area contributed by atoms with Crippen LogP contribution in [0.1, 0.15) is 23.2 Å². The second kappa shape index (κ2) is 8.67. The highest BCUT2D eigenvalue weighted by molar-refractivity contribution is 5.93. The van der Waals surface area contributed by atoms with E-state index in [1.54, 1.807) is 19.5 Å². The highest BCUT2D eigenvalue weighted by Gasteiger charge is 2.36. The van der Waals surface area contributed by atoms with Crippen LogP contribution in [0.15, 0.2) is 42.7 Å². The molecule has 4 heterocycles. The van der Waals surface area contributed by atoms with Gasteiger partial charge in [-0.1, -0.05) is 18.2 Å². The molecule has 7 nitrogen and oxygen atoms in total. The molecule has 3 fully saturated rings. The number of nitrogens with one attached hydrogen (secondary N) is 1. The summed E-state index contributed by atoms with van der Waals surface area (Å²) in [5.74, 6) is 1.04. The van der Waals surface area contributed by atoms with E-state index in [4.69, 9.17) is 4.74 Å². The molecule has 0 radical (unpaired) electrons. The summed E-state index contributed by atoms with van der Waals surface area (Å²) in [6, 6.07) is 10.2. The summed E-state index contributed by atoms with van der Waals surface area (Å²) in [4.78, 5) is 26.2. The highest BCUT2D eigenvalue weighted by atomic mass is 16.5. The Hall–Kier alpha value is -2.51. The molecule has 0 unspecified atom stereocenters. The first-order valence-electron chi connectivity index (χ1n) is 9.89. The third-order valence-corrected chi connectivity index (χ3v) is 5.63. The van der Waals surface area contributed by atoms with Gasteiger partial charge in [0.05, 0.1) is 12.2 Å². The minimum atomic E-state index is 0.0248. The summed E-state index contributed by atoms with van der Waals surface area (Å²) in [7, 11) is 1.74. The maximum Gasteiger partial charge on any atom is 0.257 e. The standard InChI is InChI=1S/C21H27N5O2/c1-28-10-9-25-13-16-7-8-19(25)15-26(14-16)20(27)17-11-22-21(23-12-17)24-18-5-3-2-4-6-18/h2-6,11-12,16,19H,7-10,13-15H2,1H3,(H,22,23,24)/t16-,19-/m1/s1. The predicted octanol–water partition coefficient (Wildman–Crippen LogP) is 2.40. The number of ether oxygens (including phenoxy) is 1. The summed E-state index contributed by atoms with van der Waals surface area (Å²) >= 11 is 0. The molecular formula is C21H27N5O2. The molecule has 1 N–H and O–H groups in total. The van der Waals surface area contributed by atoms with E-state index in [0.29, 0.717) is 23.5 Å². The maximum atomic E-state index is 13.0. The van der Waals surface area contributed by atoms with Gasteiger partial charge in [0.25, 0.3) is 5.91 Å². The summed E-state index contributed by atoms with van der Waals surface area (Å²) in [6.45, 7) is 4.30. The largest absolute Gasteiger partial charge is 0.383 e. The van der Waals surface area contributed by atoms with Crippen LogP contribution >= 0.6 is 0 Å². The smallest absolute Gasteiger partial charge is 0.257 e. The minimum Gasteiger partial charge on any atom is -0.383 e. The predicted molar refractivity (Wildman–Crippen MR) is 108 cm³/mol. The van der Waals surface area contributed by atoms with Gasteiger partial charge in [-0.2, -0.15) is 0 Å². The molecular weight excluding hydrogens is 354 g/mol. The van der Waals surface area contributed by atoms with Gasteiger partial charge in [0.15, 0.2) is 0 Å². The van der Waals surface area contributed by atoms with Gasteiger partial charge < -0.3 is 15.0 Å². The minimum absolute atomic E-state index is 0.0248. The molecule has 3 aliphatic rings. The van der Waals surface area contributed by atoms with E-state index in [-0.39, 0.29) is 5.91 Å². The van der Waals surface area contributed by atoms with Crippen LogP contribution in [0.4, 0.5) is 11.6 Å². The van der Waals surface area contributed by atoms with Gasteiger partial charge >= 0.3 is 0 Å². The number of hydrogen-bond acceptors (Lipinski definition) is 6. The molecule has 2 bridgehead atoms. The van der Waals surface area contributed by atoms with Gasteiger partial charge in [-0.3, -0.25) is 9.69 Å². The Kier molecular flexibility index (Phi) is 5.83. The first-order valence-corrected chi connectivity index (χ1v) is 9.89. The monoisotopic (exact) mass is 381 g/mol. The maximum absolute atomic E-state index is 13.0. The number of amides is 1. The number of nitrogens with zero attached hydrogens (tertiary/aromatic N) is 4. The summed E-state index contributed by atoms with van der Waals surface area (Å²) in [5.41, 5.74) is 1.46. The number of hydrogen-bond donors (Lipinski definition) is 1. The van der Waals surface area contributed by atoms with Crippen LogP contribution in [0.3, 0.4) is 0 Å². The van der Waals surface area contributed by atoms with Crippen LogP contribution in [0, 0.1) is 5.92 Å². The first-order chi connectivity index (χ1) is 13.7. The second-order valence-electron chi connectivity index (χ2n) is 7.58. The van der Waals surface area contributed by atoms with E-state index in [1.807, 2.05) is 35.2 Å². The Morgan fingerprint density at radius 1 is 1.14 bits per heavy atom. The number of carbonyl (C=O) groups excluding carboxylic acids is 1. The topological polar surface area (TPSA) is 70.6 Å². The van der Waals surface area contributed by atoms with Crippen LogP contribution in [0.2, 0.25) is 0 Å². The van der Waals surface area contributed by atoms with E-state index in [0.717, 1.165) is 44.9 Å². The fourth-order valence-electron chi connectivity index (χ4n) is 4.16. The summed E-state index contributed by atoms with van der Waals surface area (Å²) in [5, 5.41) is 3.14. The summed E-state index contributed by atoms with van der Waals surface area (Å²) < 4.78 is 5.25. The lowest BCUT2D eigenvalue weighted by molar-refractivity contribution is 0.0717. The zero-order valence-corrected chi connectivity index (χ0v) is 16.3. The van der Waals surface area contributed by atoms with Crippen LogP contribution in [-0.4, -0.2) is 71.6 Å². The Bertz CT molecular complexity index is 783. The van der Waals surface area contributed by atoms with Crippen molar-refractivity contribution in [3.63, 3.8) is 0 Å². The molecule has 3 saturated heterocycles. The number of para-hydroxylation sites is 1. The van der Waals surface area contributed by atoms with Crippen molar-refractivity contribution >= 4 is 17.5 Å². The third-order valence-electron chi connectivity index (χ3n) is 5.63. The number of methoxy groups -OCH3 is 1. The SMILES string of the molecule is COCCN1C[C@H]2CC[C@@H]1CN(C(=O)c1cnc(Nc3ccccc3)nc1)C2. The quantitative estimate of drug-likeness (QED) is 0.829. The molecule has 1 aromatic heterocycles. The number of carbonyl (C=O) groups is 1. The Balaban J connectivity index is 1.41. The Labute approximate surface area is 165 Å². The second-order valence-corrected chi connectivity index (χ2v) is 7.58. The van der Waals surface area contributed by atoms with E-state index in [2.05, 4.69) is 20.2 Å². The molecule has 5 rings (SSSR count). The van der Waals surface area contributed by atoms with Crippen LogP contribution < -0.4 is 5.32 Å². The van der Waals surface area contributed by atoms with Crippen molar-refractivity contribution < 1.29 is 9.53 Å². The van der Waals surface area contributed by atoms with Crippen molar-refractivity contribution in [2.45, 2.75) is 18.9 Å². The fraction of sp³-hybridized carbons (Fsp3) is 0.476. The molecule has 0 aliphatic carbocycles. The lowest BCUT2D eigenvalue weighted by Crippen LogP contribution is -2.45. The average Bonchev–Trinajstić information content (AvgIpc) is 3.05. The molecule has 7 heteroatoms. The molecule has 2 atom stereocenters. The normalized spacial score (nSPS) is 22.1. The fourth-order valence-corrected chi connectivity index (χ4v) is 4.16. The van der Waals surface area contributed by atoms with Crippen molar-refractivity contribution in [1.82, 2.24) is 19.8 Å². The van der Waals surface area contributed by atoms with Crippen LogP contribution in [0.5, 0.6) is 0 Å². The van der Waals surface area contributed by atoms with Crippen molar-refractivity contribution in [2.24, 2.45) is 5.92 Å². The Morgan fingerprint density at radius 2 is 1.93 bits per heavy atom. The van der Waals surface area contributed by atoms with Gasteiger partial charge in [0.1, 0.15) is 0 Å². The average molecular weight is 381 g/mol. The number of fused-ring (bicyclic) bond motifs is 4. The number of aromatic nitrogens is 2. The zero-order valence-electron chi connectivity index (χ0n) is 16.3. The molecule has 28 heavy (non-hydrogen) atoms. The lowest BCUT2D eigenvalue weighted by Gasteiger charge is -2.35. The van der Waals surface area contributed by atoms with E-state index in [1.165, 1.54) is 6.42 Å². The van der Waals surface area contributed by atoms with Gasteiger partial charge in [0, 0.05) is 57.4 Å². The van der Waals surface area contributed by atoms with Gasteiger partial charge in [-0.15, -0.1) is 0 Å². The van der Waals surface area contributed by atoms with Crippen molar-refractivity contribution in [3.8, 4) is 0 Å². The molecule has 0 saturated carbocycles. The first kappa shape index (κ1) is 18.8. The van der Waals surface area contributed by atoms with Gasteiger partial charge in [0.2, 0.25) is 5.95 Å². The van der Waals surface area contributed by atoms with Crippen molar-refractivity contribution in [1.29, 1.82) is 0 Å². The third kappa shape index (κ3) is 4.31. The number of rotatable bonds is 6. The molecule has 1 aromatic carbocycles. The highest BCUT2D eigenvalue weighted by Crippen LogP contribution is 2.28. The van der Waals surface area contributed by atoms with E-state index in [9.17, 15) is 4.79 Å². The molecule has 0 spiro atoms. The van der Waals surface area contributed by atoms with Crippen LogP contribution in [0.25, 0.3) is 0 Å². The van der Waals surface area contributed by atoms with Crippen molar-refractivity contribution in [3.05, 3.63) is 48.3 Å². The molecule has 148 valence electrons. The molecule has 3 aliphatic heterocycles. The number of anilines is 2. The number of piperidine rings is 1. The molecule has 1 amide bonds. The van der Waals surface area contributed by atoms with Crippen LogP contribution in [-0.2, 0) is 4.74 Å². The summed E-state index contributed by atoms with van der Waals surface area (Å²) in [6.07, 6.45) is 5.58. The Morgan fingerprint density at radius 3 is 2.68 bits per heavy atom. The van der Waals surface area contributed by atoms with Gasteiger partial charge in [-0.25, -0.2) is 9.97 Å². The molecule has 2 aromatic rings. The van der Waals surface area contributed by atoms with Gasteiger partial charge in [-0.05, 0) is 30.9 Å². The number of benzene rings is 1. The van der Waals surface area contributed by atoms with Crippen molar-refractivity contribution in [2.75, 3.05) is 45.2 Å². The van der Waals surface area contributed by atoms with E-state index < -0.39 is 0 Å².